The summed E-state index contributed by atoms with van der Waals surface area (Å²) in [5.41, 5.74) is 5.75. The molecule has 0 amide bonds. The van der Waals surface area contributed by atoms with E-state index in [1.165, 1.54) is 73.7 Å². The van der Waals surface area contributed by atoms with Gasteiger partial charge in [0.05, 0.1) is 19.3 Å². The Balaban J connectivity index is 1.21. The standard InChI is InChI=1S/C30H41N3O/c1-3-4-11-31-28-16-24-15-26(34-2)9-10-27(24)29(32-28)23-5-7-25(8-6-23)33-30-17-20-12-21(18-30)14-22(13-20)19-30/h5-10,15,20-22,28-29,31-33H,3-4,11-14,16-19H2,1-2H3/t20?,21?,22?,28-,29+,30?/m1/s1. The summed E-state index contributed by atoms with van der Waals surface area (Å²) in [6, 6.07) is 16.1. The third-order valence-corrected chi connectivity index (χ3v) is 9.07. The fourth-order valence-electron chi connectivity index (χ4n) is 7.93. The van der Waals surface area contributed by atoms with Crippen LogP contribution in [0.5, 0.6) is 5.75 Å². The molecule has 182 valence electrons. The molecule has 4 saturated carbocycles. The number of nitrogens with one attached hydrogen (secondary N) is 3. The number of benzene rings is 2. The molecular formula is C30H41N3O. The number of ether oxygens (including phenoxy) is 1. The quantitative estimate of drug-likeness (QED) is 0.422. The molecule has 1 heterocycles. The Hall–Kier alpha value is -2.04. The highest BCUT2D eigenvalue weighted by atomic mass is 16.5. The van der Waals surface area contributed by atoms with Gasteiger partial charge in [-0.25, -0.2) is 0 Å². The lowest BCUT2D eigenvalue weighted by molar-refractivity contribution is 0.0107. The predicted molar refractivity (Wildman–Crippen MR) is 139 cm³/mol. The summed E-state index contributed by atoms with van der Waals surface area (Å²) in [4.78, 5) is 0. The highest BCUT2D eigenvalue weighted by molar-refractivity contribution is 5.51. The van der Waals surface area contributed by atoms with E-state index >= 15 is 0 Å². The van der Waals surface area contributed by atoms with Crippen molar-refractivity contribution in [2.24, 2.45) is 17.8 Å². The predicted octanol–water partition coefficient (Wildman–Crippen LogP) is 6.03. The van der Waals surface area contributed by atoms with E-state index in [-0.39, 0.29) is 12.2 Å². The minimum atomic E-state index is 0.197. The van der Waals surface area contributed by atoms with Crippen LogP contribution in [0.1, 0.15) is 81.0 Å². The fourth-order valence-corrected chi connectivity index (χ4v) is 7.93. The van der Waals surface area contributed by atoms with Crippen molar-refractivity contribution in [3.63, 3.8) is 0 Å². The van der Waals surface area contributed by atoms with Crippen molar-refractivity contribution in [1.82, 2.24) is 10.6 Å². The summed E-state index contributed by atoms with van der Waals surface area (Å²) in [5, 5.41) is 11.7. The minimum absolute atomic E-state index is 0.197. The molecule has 3 N–H and O–H groups in total. The van der Waals surface area contributed by atoms with Gasteiger partial charge >= 0.3 is 0 Å². The van der Waals surface area contributed by atoms with Crippen LogP contribution in [0.15, 0.2) is 42.5 Å². The molecule has 2 aromatic rings. The van der Waals surface area contributed by atoms with E-state index in [1.54, 1.807) is 7.11 Å². The number of rotatable bonds is 8. The minimum Gasteiger partial charge on any atom is -0.497 e. The summed E-state index contributed by atoms with van der Waals surface area (Å²) in [7, 11) is 1.76. The van der Waals surface area contributed by atoms with Crippen molar-refractivity contribution < 1.29 is 4.74 Å². The average molecular weight is 460 g/mol. The van der Waals surface area contributed by atoms with Crippen LogP contribution in [0.3, 0.4) is 0 Å². The molecule has 0 radical (unpaired) electrons. The number of hydrogen-bond acceptors (Lipinski definition) is 4. The summed E-state index contributed by atoms with van der Waals surface area (Å²) in [6.07, 6.45) is 12.3. The van der Waals surface area contributed by atoms with Gasteiger partial charge < -0.3 is 15.4 Å². The normalized spacial score (nSPS) is 33.5. The molecule has 1 aliphatic heterocycles. The number of fused-ring (bicyclic) bond motifs is 1. The maximum absolute atomic E-state index is 5.54. The zero-order chi connectivity index (χ0) is 23.1. The third-order valence-electron chi connectivity index (χ3n) is 9.07. The molecule has 34 heavy (non-hydrogen) atoms. The van der Waals surface area contributed by atoms with E-state index in [4.69, 9.17) is 4.74 Å². The van der Waals surface area contributed by atoms with Crippen molar-refractivity contribution in [3.05, 3.63) is 59.2 Å². The molecule has 4 heteroatoms. The van der Waals surface area contributed by atoms with Gasteiger partial charge in [-0.1, -0.05) is 31.5 Å². The molecule has 0 unspecified atom stereocenters. The third kappa shape index (κ3) is 4.35. The van der Waals surface area contributed by atoms with Crippen molar-refractivity contribution in [3.8, 4) is 5.75 Å². The molecule has 2 atom stereocenters. The molecule has 0 spiro atoms. The number of methoxy groups -OCH3 is 1. The topological polar surface area (TPSA) is 45.3 Å². The van der Waals surface area contributed by atoms with Gasteiger partial charge in [0, 0.05) is 17.6 Å². The summed E-state index contributed by atoms with van der Waals surface area (Å²) in [5.74, 6) is 3.85. The van der Waals surface area contributed by atoms with Gasteiger partial charge in [0.25, 0.3) is 0 Å². The second kappa shape index (κ2) is 9.20. The molecule has 2 aromatic carbocycles. The molecule has 5 aliphatic rings. The lowest BCUT2D eigenvalue weighted by Gasteiger charge is -2.57. The van der Waals surface area contributed by atoms with Gasteiger partial charge in [0.1, 0.15) is 5.75 Å². The maximum atomic E-state index is 5.54. The Morgan fingerprint density at radius 1 is 0.971 bits per heavy atom. The van der Waals surface area contributed by atoms with Gasteiger partial charge in [-0.2, -0.15) is 0 Å². The molecule has 4 bridgehead atoms. The maximum Gasteiger partial charge on any atom is 0.119 e. The Morgan fingerprint density at radius 3 is 2.32 bits per heavy atom. The second-order valence-electron chi connectivity index (χ2n) is 11.7. The largest absolute Gasteiger partial charge is 0.497 e. The monoisotopic (exact) mass is 459 g/mol. The first-order valence-electron chi connectivity index (χ1n) is 13.7. The molecule has 4 fully saturated rings. The van der Waals surface area contributed by atoms with Gasteiger partial charge in [-0.05, 0) is 110 Å². The summed E-state index contributed by atoms with van der Waals surface area (Å²) < 4.78 is 5.54. The first-order chi connectivity index (χ1) is 16.6. The smallest absolute Gasteiger partial charge is 0.119 e. The highest BCUT2D eigenvalue weighted by Crippen LogP contribution is 2.56. The number of hydrogen-bond donors (Lipinski definition) is 3. The molecule has 4 nitrogen and oxygen atoms in total. The number of anilines is 1. The Labute approximate surface area is 205 Å². The van der Waals surface area contributed by atoms with Crippen molar-refractivity contribution in [2.75, 3.05) is 19.0 Å². The first-order valence-corrected chi connectivity index (χ1v) is 13.7. The SMILES string of the molecule is CCCCN[C@H]1Cc2cc(OC)ccc2[C@H](c2ccc(NC34CC5CC(CC(C5)C3)C4)cc2)N1. The van der Waals surface area contributed by atoms with Crippen LogP contribution in [0.25, 0.3) is 0 Å². The molecule has 0 saturated heterocycles. The van der Waals surface area contributed by atoms with Crippen LogP contribution in [0.2, 0.25) is 0 Å². The van der Waals surface area contributed by atoms with Crippen LogP contribution in [-0.4, -0.2) is 25.4 Å². The van der Waals surface area contributed by atoms with E-state index in [1.807, 2.05) is 0 Å². The number of unbranched alkanes of at least 4 members (excludes halogenated alkanes) is 1. The average Bonchev–Trinajstić information content (AvgIpc) is 2.83. The molecule has 7 rings (SSSR count). The Bertz CT molecular complexity index is 965. The van der Waals surface area contributed by atoms with Gasteiger partial charge in [-0.3, -0.25) is 5.32 Å². The van der Waals surface area contributed by atoms with Crippen molar-refractivity contribution in [1.29, 1.82) is 0 Å². The van der Waals surface area contributed by atoms with E-state index < -0.39 is 0 Å². The summed E-state index contributed by atoms with van der Waals surface area (Å²) in [6.45, 7) is 3.30. The zero-order valence-electron chi connectivity index (χ0n) is 20.9. The van der Waals surface area contributed by atoms with Crippen LogP contribution in [0.4, 0.5) is 5.69 Å². The van der Waals surface area contributed by atoms with Crippen LogP contribution < -0.4 is 20.7 Å². The van der Waals surface area contributed by atoms with Gasteiger partial charge in [0.15, 0.2) is 0 Å². The van der Waals surface area contributed by atoms with Gasteiger partial charge in [-0.15, -0.1) is 0 Å². The fraction of sp³-hybridized carbons (Fsp3) is 0.600. The van der Waals surface area contributed by atoms with Crippen LogP contribution in [-0.2, 0) is 6.42 Å². The van der Waals surface area contributed by atoms with Crippen molar-refractivity contribution >= 4 is 5.69 Å². The van der Waals surface area contributed by atoms with E-state index in [9.17, 15) is 0 Å². The lowest BCUT2D eigenvalue weighted by atomic mass is 9.53. The van der Waals surface area contributed by atoms with Crippen LogP contribution in [0, 0.1) is 17.8 Å². The highest BCUT2D eigenvalue weighted by Gasteiger charge is 2.50. The second-order valence-corrected chi connectivity index (χ2v) is 11.7. The molecular weight excluding hydrogens is 418 g/mol. The Kier molecular flexibility index (Phi) is 6.07. The van der Waals surface area contributed by atoms with E-state index in [2.05, 4.69) is 65.3 Å². The van der Waals surface area contributed by atoms with E-state index in [0.29, 0.717) is 5.54 Å². The zero-order valence-corrected chi connectivity index (χ0v) is 20.9. The van der Waals surface area contributed by atoms with Gasteiger partial charge in [0.2, 0.25) is 0 Å². The van der Waals surface area contributed by atoms with Crippen LogP contribution >= 0.6 is 0 Å². The Morgan fingerprint density at radius 2 is 1.68 bits per heavy atom. The lowest BCUT2D eigenvalue weighted by Crippen LogP contribution is -2.54. The van der Waals surface area contributed by atoms with Crippen molar-refractivity contribution in [2.45, 2.75) is 82.5 Å². The first kappa shape index (κ1) is 22.4. The summed E-state index contributed by atoms with van der Waals surface area (Å²) >= 11 is 0. The molecule has 4 aliphatic carbocycles. The van der Waals surface area contributed by atoms with E-state index in [0.717, 1.165) is 36.5 Å². The molecule has 0 aromatic heterocycles.